The van der Waals surface area contributed by atoms with E-state index in [1.807, 2.05) is 11.7 Å². The van der Waals surface area contributed by atoms with E-state index in [0.29, 0.717) is 11.3 Å². The third kappa shape index (κ3) is 3.51. The first-order chi connectivity index (χ1) is 8.97. The highest BCUT2D eigenvalue weighted by molar-refractivity contribution is 6.31. The highest BCUT2D eigenvalue weighted by atomic mass is 35.5. The van der Waals surface area contributed by atoms with Crippen LogP contribution in [0.1, 0.15) is 45.0 Å². The van der Waals surface area contributed by atoms with Gasteiger partial charge < -0.3 is 5.32 Å². The number of hydrogen-bond acceptors (Lipinski definition) is 2. The summed E-state index contributed by atoms with van der Waals surface area (Å²) >= 11 is 6.44. The van der Waals surface area contributed by atoms with Gasteiger partial charge in [0.1, 0.15) is 0 Å². The molecule has 1 aliphatic rings. The minimum absolute atomic E-state index is 0.428. The molecule has 1 aromatic rings. The van der Waals surface area contributed by atoms with Crippen LogP contribution in [0.2, 0.25) is 5.02 Å². The summed E-state index contributed by atoms with van der Waals surface area (Å²) < 4.78 is 1.98. The summed E-state index contributed by atoms with van der Waals surface area (Å²) in [5, 5.41) is 9.00. The zero-order valence-corrected chi connectivity index (χ0v) is 13.3. The molecule has 0 aliphatic heterocycles. The van der Waals surface area contributed by atoms with Crippen LogP contribution in [0.3, 0.4) is 0 Å². The Hall–Kier alpha value is -0.540. The molecule has 0 amide bonds. The van der Waals surface area contributed by atoms with Crippen LogP contribution < -0.4 is 5.32 Å². The van der Waals surface area contributed by atoms with Crippen molar-refractivity contribution in [3.8, 4) is 0 Å². The monoisotopic (exact) mass is 283 g/mol. The molecule has 0 unspecified atom stereocenters. The Kier molecular flexibility index (Phi) is 4.57. The lowest BCUT2D eigenvalue weighted by Gasteiger charge is -2.17. The highest BCUT2D eigenvalue weighted by Gasteiger charge is 2.43. The lowest BCUT2D eigenvalue weighted by molar-refractivity contribution is 0.422. The maximum atomic E-state index is 6.44. The van der Waals surface area contributed by atoms with Gasteiger partial charge in [-0.15, -0.1) is 0 Å². The van der Waals surface area contributed by atoms with Crippen molar-refractivity contribution < 1.29 is 0 Å². The van der Waals surface area contributed by atoms with Gasteiger partial charge in [-0.25, -0.2) is 0 Å². The molecule has 1 aromatic heterocycles. The third-order valence-corrected chi connectivity index (χ3v) is 4.49. The molecule has 1 heterocycles. The largest absolute Gasteiger partial charge is 0.316 e. The summed E-state index contributed by atoms with van der Waals surface area (Å²) in [5.74, 6) is 0.711. The van der Waals surface area contributed by atoms with E-state index >= 15 is 0 Å². The minimum Gasteiger partial charge on any atom is -0.316 e. The second kappa shape index (κ2) is 5.84. The molecule has 1 saturated carbocycles. The fraction of sp³-hybridized carbons (Fsp3) is 0.800. The molecule has 0 atom stereocenters. The van der Waals surface area contributed by atoms with E-state index in [0.717, 1.165) is 36.6 Å². The maximum Gasteiger partial charge on any atom is 0.0849 e. The molecule has 3 nitrogen and oxygen atoms in total. The van der Waals surface area contributed by atoms with Crippen LogP contribution in [-0.4, -0.2) is 22.9 Å². The fourth-order valence-electron chi connectivity index (χ4n) is 2.59. The van der Waals surface area contributed by atoms with Crippen LogP contribution in [0.25, 0.3) is 0 Å². The minimum atomic E-state index is 0.428. The Balaban J connectivity index is 1.99. The van der Waals surface area contributed by atoms with Gasteiger partial charge >= 0.3 is 0 Å². The first-order valence-electron chi connectivity index (χ1n) is 7.38. The molecule has 1 fully saturated rings. The first kappa shape index (κ1) is 14.9. The summed E-state index contributed by atoms with van der Waals surface area (Å²) in [7, 11) is 2.01. The van der Waals surface area contributed by atoms with E-state index in [2.05, 4.69) is 31.2 Å². The lowest BCUT2D eigenvalue weighted by atomic mass is 9.99. The average molecular weight is 284 g/mol. The lowest BCUT2D eigenvalue weighted by Crippen LogP contribution is -2.29. The Morgan fingerprint density at radius 1 is 1.42 bits per heavy atom. The standard InChI is InChI=1S/C15H26ClN3/c1-5-12-14(16)13(19(4)18-12)8-15(6-7-15)10-17-9-11(2)3/h11,17H,5-10H2,1-4H3. The summed E-state index contributed by atoms with van der Waals surface area (Å²) in [5.41, 5.74) is 2.67. The number of aryl methyl sites for hydroxylation is 2. The molecule has 1 N–H and O–H groups in total. The van der Waals surface area contributed by atoms with E-state index < -0.39 is 0 Å². The normalized spacial score (nSPS) is 17.2. The Morgan fingerprint density at radius 3 is 2.58 bits per heavy atom. The predicted octanol–water partition coefficient (Wildman–Crippen LogP) is 3.20. The average Bonchev–Trinajstić information content (AvgIpc) is 3.06. The van der Waals surface area contributed by atoms with Crippen molar-refractivity contribution in [3.05, 3.63) is 16.4 Å². The highest BCUT2D eigenvalue weighted by Crippen LogP contribution is 2.48. The van der Waals surface area contributed by atoms with Crippen LogP contribution in [0.15, 0.2) is 0 Å². The molecule has 0 spiro atoms. The van der Waals surface area contributed by atoms with Gasteiger partial charge in [-0.3, -0.25) is 4.68 Å². The molecule has 0 aromatic carbocycles. The number of rotatable bonds is 7. The van der Waals surface area contributed by atoms with E-state index in [1.54, 1.807) is 0 Å². The quantitative estimate of drug-likeness (QED) is 0.833. The number of aromatic nitrogens is 2. The molecule has 0 saturated heterocycles. The second-order valence-corrected chi connectivity index (χ2v) is 6.76. The smallest absolute Gasteiger partial charge is 0.0849 e. The zero-order chi connectivity index (χ0) is 14.0. The van der Waals surface area contributed by atoms with E-state index in [9.17, 15) is 0 Å². The van der Waals surface area contributed by atoms with Gasteiger partial charge in [0.2, 0.25) is 0 Å². The molecular formula is C15H26ClN3. The van der Waals surface area contributed by atoms with Gasteiger partial charge in [0.05, 0.1) is 16.4 Å². The van der Waals surface area contributed by atoms with Crippen molar-refractivity contribution in [3.63, 3.8) is 0 Å². The first-order valence-corrected chi connectivity index (χ1v) is 7.76. The van der Waals surface area contributed by atoms with E-state index in [-0.39, 0.29) is 0 Å². The number of nitrogens with one attached hydrogen (secondary N) is 1. The molecular weight excluding hydrogens is 258 g/mol. The van der Waals surface area contributed by atoms with Crippen molar-refractivity contribution in [1.29, 1.82) is 0 Å². The molecule has 0 bridgehead atoms. The number of hydrogen-bond donors (Lipinski definition) is 1. The topological polar surface area (TPSA) is 29.9 Å². The molecule has 2 rings (SSSR count). The Bertz CT molecular complexity index is 433. The number of halogens is 1. The summed E-state index contributed by atoms with van der Waals surface area (Å²) in [4.78, 5) is 0. The van der Waals surface area contributed by atoms with E-state index in [4.69, 9.17) is 11.6 Å². The SMILES string of the molecule is CCc1nn(C)c(CC2(CNCC(C)C)CC2)c1Cl. The van der Waals surface area contributed by atoms with Crippen molar-refractivity contribution in [2.75, 3.05) is 13.1 Å². The van der Waals surface area contributed by atoms with Gasteiger partial charge in [-0.1, -0.05) is 32.4 Å². The van der Waals surface area contributed by atoms with Crippen LogP contribution in [0.4, 0.5) is 0 Å². The van der Waals surface area contributed by atoms with Crippen molar-refractivity contribution in [2.24, 2.45) is 18.4 Å². The van der Waals surface area contributed by atoms with Crippen molar-refractivity contribution in [2.45, 2.75) is 46.5 Å². The van der Waals surface area contributed by atoms with Crippen LogP contribution in [-0.2, 0) is 19.9 Å². The summed E-state index contributed by atoms with van der Waals surface area (Å²) in [6.45, 7) is 8.81. The van der Waals surface area contributed by atoms with E-state index in [1.165, 1.54) is 18.5 Å². The van der Waals surface area contributed by atoms with Crippen LogP contribution in [0, 0.1) is 11.3 Å². The van der Waals surface area contributed by atoms with Crippen LogP contribution in [0.5, 0.6) is 0 Å². The fourth-order valence-corrected chi connectivity index (χ4v) is 2.95. The van der Waals surface area contributed by atoms with Crippen molar-refractivity contribution >= 4 is 11.6 Å². The van der Waals surface area contributed by atoms with Gasteiger partial charge in [0, 0.05) is 13.6 Å². The Morgan fingerprint density at radius 2 is 2.11 bits per heavy atom. The zero-order valence-electron chi connectivity index (χ0n) is 12.6. The van der Waals surface area contributed by atoms with Gasteiger partial charge in [-0.05, 0) is 43.6 Å². The number of nitrogens with zero attached hydrogens (tertiary/aromatic N) is 2. The van der Waals surface area contributed by atoms with Gasteiger partial charge in [0.15, 0.2) is 0 Å². The van der Waals surface area contributed by atoms with Crippen molar-refractivity contribution in [1.82, 2.24) is 15.1 Å². The Labute approximate surface area is 121 Å². The predicted molar refractivity (Wildman–Crippen MR) is 80.7 cm³/mol. The van der Waals surface area contributed by atoms with Gasteiger partial charge in [-0.2, -0.15) is 5.10 Å². The molecule has 4 heteroatoms. The van der Waals surface area contributed by atoms with Gasteiger partial charge in [0.25, 0.3) is 0 Å². The molecule has 1 aliphatic carbocycles. The molecule has 0 radical (unpaired) electrons. The molecule has 108 valence electrons. The third-order valence-electron chi connectivity index (χ3n) is 4.06. The summed E-state index contributed by atoms with van der Waals surface area (Å²) in [6, 6.07) is 0. The summed E-state index contributed by atoms with van der Waals surface area (Å²) in [6.07, 6.45) is 4.58. The maximum absolute atomic E-state index is 6.44. The van der Waals surface area contributed by atoms with Crippen LogP contribution >= 0.6 is 11.6 Å². The second-order valence-electron chi connectivity index (χ2n) is 6.39. The molecule has 19 heavy (non-hydrogen) atoms.